The minimum atomic E-state index is -0.897. The van der Waals surface area contributed by atoms with Gasteiger partial charge in [0.15, 0.2) is 0 Å². The first kappa shape index (κ1) is 15.9. The Morgan fingerprint density at radius 2 is 2.00 bits per heavy atom. The number of hydrogen-bond acceptors (Lipinski definition) is 3. The van der Waals surface area contributed by atoms with Crippen LogP contribution in [0.1, 0.15) is 42.5 Å². The number of benzene rings is 1. The molecule has 1 N–H and O–H groups in total. The van der Waals surface area contributed by atoms with Crippen molar-refractivity contribution in [2.45, 2.75) is 44.2 Å². The Bertz CT molecular complexity index is 787. The van der Waals surface area contributed by atoms with Crippen LogP contribution in [0.2, 0.25) is 0 Å². The number of hydrogen-bond donors (Lipinski definition) is 1. The fourth-order valence-electron chi connectivity index (χ4n) is 4.32. The first-order valence-corrected chi connectivity index (χ1v) is 8.80. The fraction of sp³-hybridized carbons (Fsp3) is 0.421. The Morgan fingerprint density at radius 3 is 2.76 bits per heavy atom. The number of rotatable bonds is 3. The molecular formula is C19H21N3O3. The van der Waals surface area contributed by atoms with Gasteiger partial charge in [0.2, 0.25) is 0 Å². The second-order valence-electron chi connectivity index (χ2n) is 6.92. The van der Waals surface area contributed by atoms with Crippen LogP contribution in [0.4, 0.5) is 0 Å². The van der Waals surface area contributed by atoms with Crippen LogP contribution in [-0.4, -0.2) is 43.7 Å². The van der Waals surface area contributed by atoms with Crippen LogP contribution in [0.3, 0.4) is 0 Å². The molecular weight excluding hydrogens is 318 g/mol. The highest BCUT2D eigenvalue weighted by Crippen LogP contribution is 2.40. The molecule has 1 aromatic carbocycles. The van der Waals surface area contributed by atoms with E-state index in [1.165, 1.54) is 0 Å². The van der Waals surface area contributed by atoms with Crippen molar-refractivity contribution in [3.05, 3.63) is 48.3 Å². The molecule has 1 aliphatic carbocycles. The van der Waals surface area contributed by atoms with E-state index in [0.29, 0.717) is 17.9 Å². The number of amides is 1. The van der Waals surface area contributed by atoms with Crippen molar-refractivity contribution in [3.8, 4) is 5.69 Å². The molecule has 6 heteroatoms. The van der Waals surface area contributed by atoms with E-state index in [1.54, 1.807) is 27.9 Å². The molecule has 6 nitrogen and oxygen atoms in total. The number of carbonyl (C=O) groups is 2. The number of carboxylic acids is 1. The molecule has 1 saturated heterocycles. The predicted octanol–water partition coefficient (Wildman–Crippen LogP) is 2.73. The summed E-state index contributed by atoms with van der Waals surface area (Å²) in [6.07, 6.45) is 8.18. The number of aliphatic carboxylic acids is 1. The lowest BCUT2D eigenvalue weighted by Crippen LogP contribution is -2.46. The molecule has 2 heterocycles. The molecule has 0 unspecified atom stereocenters. The minimum absolute atomic E-state index is 0.0516. The van der Waals surface area contributed by atoms with E-state index >= 15 is 0 Å². The average Bonchev–Trinajstić information content (AvgIpc) is 3.29. The number of likely N-dealkylation sites (tertiary alicyclic amines) is 1. The van der Waals surface area contributed by atoms with Gasteiger partial charge in [-0.15, -0.1) is 0 Å². The third-order valence-corrected chi connectivity index (χ3v) is 5.47. The second kappa shape index (κ2) is 6.35. The lowest BCUT2D eigenvalue weighted by atomic mass is 9.84. The standard InChI is InChI=1S/C19H21N3O3/c23-18(14-6-3-7-15(11-14)21-10-4-9-20-21)22-16-8-2-1-5-13(16)12-17(22)19(24)25/h3-4,6-7,9-11,13,16-17H,1-2,5,8,12H2,(H,24,25)/t13-,16-,17+/m1/s1. The van der Waals surface area contributed by atoms with Crippen LogP contribution in [0.15, 0.2) is 42.7 Å². The number of nitrogens with zero attached hydrogens (tertiary/aromatic N) is 3. The maximum absolute atomic E-state index is 13.2. The maximum Gasteiger partial charge on any atom is 0.326 e. The Hall–Kier alpha value is -2.63. The van der Waals surface area contributed by atoms with Gasteiger partial charge in [0.05, 0.1) is 5.69 Å². The summed E-state index contributed by atoms with van der Waals surface area (Å²) < 4.78 is 1.69. The zero-order chi connectivity index (χ0) is 17.4. The molecule has 4 rings (SSSR count). The van der Waals surface area contributed by atoms with Crippen molar-refractivity contribution < 1.29 is 14.7 Å². The van der Waals surface area contributed by atoms with E-state index in [9.17, 15) is 14.7 Å². The third kappa shape index (κ3) is 2.81. The van der Waals surface area contributed by atoms with Crippen molar-refractivity contribution in [3.63, 3.8) is 0 Å². The van der Waals surface area contributed by atoms with E-state index in [4.69, 9.17) is 0 Å². The van der Waals surface area contributed by atoms with Gasteiger partial charge in [-0.05, 0) is 49.4 Å². The molecule has 25 heavy (non-hydrogen) atoms. The van der Waals surface area contributed by atoms with Crippen LogP contribution in [0.25, 0.3) is 5.69 Å². The molecule has 1 aromatic heterocycles. The highest BCUT2D eigenvalue weighted by Gasteiger charge is 2.47. The van der Waals surface area contributed by atoms with Gasteiger partial charge < -0.3 is 10.0 Å². The highest BCUT2D eigenvalue weighted by atomic mass is 16.4. The minimum Gasteiger partial charge on any atom is -0.480 e. The lowest BCUT2D eigenvalue weighted by molar-refractivity contribution is -0.141. The van der Waals surface area contributed by atoms with Crippen LogP contribution in [0.5, 0.6) is 0 Å². The molecule has 2 aliphatic rings. The summed E-state index contributed by atoms with van der Waals surface area (Å²) in [5.74, 6) is -0.769. The SMILES string of the molecule is O=C(O)[C@@H]1C[C@H]2CCCC[C@H]2N1C(=O)c1cccc(-n2cccn2)c1. The number of aromatic nitrogens is 2. The molecule has 1 saturated carbocycles. The van der Waals surface area contributed by atoms with Gasteiger partial charge >= 0.3 is 5.97 Å². The molecule has 2 fully saturated rings. The first-order valence-electron chi connectivity index (χ1n) is 8.80. The Balaban J connectivity index is 1.67. The van der Waals surface area contributed by atoms with Gasteiger partial charge in [0, 0.05) is 24.0 Å². The smallest absolute Gasteiger partial charge is 0.326 e. The molecule has 2 aromatic rings. The van der Waals surface area contributed by atoms with Crippen LogP contribution < -0.4 is 0 Å². The van der Waals surface area contributed by atoms with Crippen LogP contribution in [-0.2, 0) is 4.79 Å². The lowest BCUT2D eigenvalue weighted by Gasteiger charge is -2.33. The van der Waals surface area contributed by atoms with Crippen molar-refractivity contribution in [1.82, 2.24) is 14.7 Å². The van der Waals surface area contributed by atoms with Crippen molar-refractivity contribution in [2.75, 3.05) is 0 Å². The molecule has 0 bridgehead atoms. The highest BCUT2D eigenvalue weighted by molar-refractivity contribution is 5.97. The first-order chi connectivity index (χ1) is 12.1. The van der Waals surface area contributed by atoms with Gasteiger partial charge in [0.25, 0.3) is 5.91 Å². The summed E-state index contributed by atoms with van der Waals surface area (Å²) in [7, 11) is 0. The summed E-state index contributed by atoms with van der Waals surface area (Å²) in [5.41, 5.74) is 1.31. The van der Waals surface area contributed by atoms with E-state index in [0.717, 1.165) is 31.4 Å². The third-order valence-electron chi connectivity index (χ3n) is 5.47. The zero-order valence-electron chi connectivity index (χ0n) is 13.9. The number of carboxylic acid groups (broad SMARTS) is 1. The van der Waals surface area contributed by atoms with Gasteiger partial charge in [0.1, 0.15) is 6.04 Å². The molecule has 0 spiro atoms. The van der Waals surface area contributed by atoms with Gasteiger partial charge in [-0.1, -0.05) is 18.9 Å². The van der Waals surface area contributed by atoms with E-state index in [-0.39, 0.29) is 11.9 Å². The van der Waals surface area contributed by atoms with Gasteiger partial charge in [-0.3, -0.25) is 4.79 Å². The quantitative estimate of drug-likeness (QED) is 0.933. The Kier molecular flexibility index (Phi) is 4.03. The summed E-state index contributed by atoms with van der Waals surface area (Å²) in [4.78, 5) is 26.5. The largest absolute Gasteiger partial charge is 0.480 e. The maximum atomic E-state index is 13.2. The summed E-state index contributed by atoms with van der Waals surface area (Å²) in [6.45, 7) is 0. The molecule has 0 radical (unpaired) electrons. The van der Waals surface area contributed by atoms with Gasteiger partial charge in [-0.2, -0.15) is 5.10 Å². The van der Waals surface area contributed by atoms with Crippen molar-refractivity contribution in [1.29, 1.82) is 0 Å². The predicted molar refractivity (Wildman–Crippen MR) is 91.5 cm³/mol. The van der Waals surface area contributed by atoms with Gasteiger partial charge in [-0.25, -0.2) is 9.48 Å². The average molecular weight is 339 g/mol. The molecule has 130 valence electrons. The Morgan fingerprint density at radius 1 is 1.16 bits per heavy atom. The van der Waals surface area contributed by atoms with Crippen molar-refractivity contribution in [2.24, 2.45) is 5.92 Å². The molecule has 1 aliphatic heterocycles. The van der Waals surface area contributed by atoms with E-state index in [2.05, 4.69) is 5.10 Å². The van der Waals surface area contributed by atoms with E-state index < -0.39 is 12.0 Å². The van der Waals surface area contributed by atoms with Crippen molar-refractivity contribution >= 4 is 11.9 Å². The number of fused-ring (bicyclic) bond motifs is 1. The monoisotopic (exact) mass is 339 g/mol. The van der Waals surface area contributed by atoms with Crippen LogP contribution >= 0.6 is 0 Å². The second-order valence-corrected chi connectivity index (χ2v) is 6.92. The number of carbonyl (C=O) groups excluding carboxylic acids is 1. The van der Waals surface area contributed by atoms with E-state index in [1.807, 2.05) is 24.4 Å². The normalized spacial score (nSPS) is 25.6. The summed E-state index contributed by atoms with van der Waals surface area (Å²) in [6, 6.07) is 8.39. The summed E-state index contributed by atoms with van der Waals surface area (Å²) in [5, 5.41) is 13.8. The molecule has 3 atom stereocenters. The Labute approximate surface area is 146 Å². The zero-order valence-corrected chi connectivity index (χ0v) is 13.9. The molecule has 1 amide bonds. The van der Waals surface area contributed by atoms with Crippen LogP contribution in [0, 0.1) is 5.92 Å². The summed E-state index contributed by atoms with van der Waals surface area (Å²) >= 11 is 0. The topological polar surface area (TPSA) is 75.4 Å². The fourth-order valence-corrected chi connectivity index (χ4v) is 4.32.